The van der Waals surface area contributed by atoms with Gasteiger partial charge in [-0.3, -0.25) is 0 Å². The summed E-state index contributed by atoms with van der Waals surface area (Å²) in [4.78, 5) is 6.20. The number of anilines is 1. The molecule has 2 N–H and O–H groups in total. The summed E-state index contributed by atoms with van der Waals surface area (Å²) in [6.45, 7) is 1.14. The molecule has 0 bridgehead atoms. The number of β-amino-alcohol motifs (C(OH)–C–C–N with tert-alkyl or cyclic N) is 1. The second-order valence-corrected chi connectivity index (χ2v) is 5.71. The molecule has 20 heavy (non-hydrogen) atoms. The normalized spacial score (nSPS) is 23.1. The number of nitrogens with one attached hydrogen (secondary N) is 1. The van der Waals surface area contributed by atoms with Gasteiger partial charge in [0.15, 0.2) is 0 Å². The minimum absolute atomic E-state index is 0.369. The maximum atomic E-state index is 10.7. The summed E-state index contributed by atoms with van der Waals surface area (Å²) in [7, 11) is 0. The van der Waals surface area contributed by atoms with E-state index in [1.165, 1.54) is 0 Å². The maximum Gasteiger partial charge on any atom is 0.147 e. The second kappa shape index (κ2) is 5.20. The molecule has 3 heterocycles. The van der Waals surface area contributed by atoms with E-state index >= 15 is 0 Å². The Morgan fingerprint density at radius 1 is 1.35 bits per heavy atom. The van der Waals surface area contributed by atoms with Gasteiger partial charge in [0.25, 0.3) is 0 Å². The molecule has 1 saturated heterocycles. The number of halogens is 2. The van der Waals surface area contributed by atoms with E-state index < -0.39 is 5.60 Å². The summed E-state index contributed by atoms with van der Waals surface area (Å²) >= 11 is 12.0. The molecule has 1 aliphatic rings. The molecular formula is C12H13Cl2N5O. The van der Waals surface area contributed by atoms with Gasteiger partial charge in [-0.05, 0) is 18.9 Å². The molecule has 1 aliphatic heterocycles. The van der Waals surface area contributed by atoms with Gasteiger partial charge in [-0.1, -0.05) is 23.2 Å². The fraction of sp³-hybridized carbons (Fsp3) is 0.417. The van der Waals surface area contributed by atoms with E-state index in [4.69, 9.17) is 23.2 Å². The first-order valence-corrected chi connectivity index (χ1v) is 6.99. The van der Waals surface area contributed by atoms with E-state index in [0.717, 1.165) is 13.0 Å². The van der Waals surface area contributed by atoms with Crippen LogP contribution in [0, 0.1) is 0 Å². The molecule has 0 radical (unpaired) electrons. The van der Waals surface area contributed by atoms with Crippen LogP contribution in [0.3, 0.4) is 0 Å². The smallest absolute Gasteiger partial charge is 0.147 e. The standard InChI is InChI=1S/C12H13Cl2N5O/c13-8-4-9(14)11(15-5-8)19-3-1-2-12(20,7-19)10-6-16-18-17-10/h4-6,20H,1-3,7H2,(H,16,17,18). The van der Waals surface area contributed by atoms with Crippen molar-refractivity contribution in [1.82, 2.24) is 20.4 Å². The third kappa shape index (κ3) is 2.46. The van der Waals surface area contributed by atoms with Crippen molar-refractivity contribution in [3.05, 3.63) is 34.2 Å². The zero-order valence-electron chi connectivity index (χ0n) is 10.6. The van der Waals surface area contributed by atoms with Gasteiger partial charge in [0.05, 0.1) is 22.8 Å². The predicted octanol–water partition coefficient (Wildman–Crippen LogP) is 1.99. The average molecular weight is 314 g/mol. The van der Waals surface area contributed by atoms with Gasteiger partial charge >= 0.3 is 0 Å². The average Bonchev–Trinajstić information content (AvgIpc) is 2.93. The van der Waals surface area contributed by atoms with Crippen LogP contribution in [0.2, 0.25) is 10.0 Å². The first kappa shape index (κ1) is 13.6. The SMILES string of the molecule is OC1(c2cn[nH]n2)CCCN(c2ncc(Cl)cc2Cl)C1. The van der Waals surface area contributed by atoms with E-state index in [1.807, 2.05) is 4.90 Å². The molecule has 0 amide bonds. The van der Waals surface area contributed by atoms with Crippen LogP contribution in [0.1, 0.15) is 18.5 Å². The van der Waals surface area contributed by atoms with Crippen LogP contribution in [0.4, 0.5) is 5.82 Å². The third-order valence-corrected chi connectivity index (χ3v) is 3.94. The number of rotatable bonds is 2. The molecule has 1 atom stereocenters. The molecule has 1 fully saturated rings. The highest BCUT2D eigenvalue weighted by molar-refractivity contribution is 6.36. The van der Waals surface area contributed by atoms with E-state index in [0.29, 0.717) is 34.5 Å². The van der Waals surface area contributed by atoms with E-state index in [9.17, 15) is 5.11 Å². The lowest BCUT2D eigenvalue weighted by Gasteiger charge is -2.38. The van der Waals surface area contributed by atoms with Crippen molar-refractivity contribution in [2.45, 2.75) is 18.4 Å². The quantitative estimate of drug-likeness (QED) is 0.886. The lowest BCUT2D eigenvalue weighted by atomic mass is 9.90. The van der Waals surface area contributed by atoms with Crippen molar-refractivity contribution >= 4 is 29.0 Å². The Balaban J connectivity index is 1.88. The summed E-state index contributed by atoms with van der Waals surface area (Å²) in [6, 6.07) is 1.65. The highest BCUT2D eigenvalue weighted by Crippen LogP contribution is 2.34. The van der Waals surface area contributed by atoms with Crippen LogP contribution in [0.15, 0.2) is 18.5 Å². The number of nitrogens with zero attached hydrogens (tertiary/aromatic N) is 4. The summed E-state index contributed by atoms with van der Waals surface area (Å²) in [5, 5.41) is 22.0. The first-order chi connectivity index (χ1) is 9.58. The second-order valence-electron chi connectivity index (χ2n) is 4.87. The van der Waals surface area contributed by atoms with Crippen LogP contribution < -0.4 is 4.90 Å². The Morgan fingerprint density at radius 2 is 2.20 bits per heavy atom. The van der Waals surface area contributed by atoms with Crippen molar-refractivity contribution in [3.8, 4) is 0 Å². The molecule has 2 aromatic heterocycles. The Hall–Kier alpha value is -1.37. The summed E-state index contributed by atoms with van der Waals surface area (Å²) in [5.41, 5.74) is -0.511. The molecule has 8 heteroatoms. The fourth-order valence-corrected chi connectivity index (χ4v) is 2.99. The number of hydrogen-bond donors (Lipinski definition) is 2. The van der Waals surface area contributed by atoms with Crippen LogP contribution in [0.25, 0.3) is 0 Å². The van der Waals surface area contributed by atoms with Gasteiger partial charge in [-0.25, -0.2) is 4.98 Å². The molecule has 2 aromatic rings. The van der Waals surface area contributed by atoms with E-state index in [1.54, 1.807) is 18.5 Å². The Labute approximate surface area is 125 Å². The van der Waals surface area contributed by atoms with Crippen molar-refractivity contribution in [2.75, 3.05) is 18.0 Å². The minimum atomic E-state index is -1.05. The molecule has 0 saturated carbocycles. The molecule has 0 aliphatic carbocycles. The molecular weight excluding hydrogens is 301 g/mol. The Kier molecular flexibility index (Phi) is 3.54. The van der Waals surface area contributed by atoms with Crippen LogP contribution >= 0.6 is 23.2 Å². The van der Waals surface area contributed by atoms with Gasteiger partial charge in [0.1, 0.15) is 17.1 Å². The number of hydrogen-bond acceptors (Lipinski definition) is 5. The topological polar surface area (TPSA) is 77.9 Å². The molecule has 106 valence electrons. The summed E-state index contributed by atoms with van der Waals surface area (Å²) in [6.07, 6.45) is 4.53. The number of aromatic amines is 1. The van der Waals surface area contributed by atoms with Gasteiger partial charge in [-0.15, -0.1) is 0 Å². The van der Waals surface area contributed by atoms with Crippen molar-refractivity contribution < 1.29 is 5.11 Å². The van der Waals surface area contributed by atoms with Crippen molar-refractivity contribution in [2.24, 2.45) is 0 Å². The highest BCUT2D eigenvalue weighted by atomic mass is 35.5. The largest absolute Gasteiger partial charge is 0.382 e. The zero-order chi connectivity index (χ0) is 14.2. The Morgan fingerprint density at radius 3 is 2.90 bits per heavy atom. The van der Waals surface area contributed by atoms with Crippen LogP contribution in [-0.4, -0.2) is 38.6 Å². The molecule has 3 rings (SSSR count). The molecule has 6 nitrogen and oxygen atoms in total. The van der Waals surface area contributed by atoms with Gasteiger partial charge in [0, 0.05) is 12.7 Å². The van der Waals surface area contributed by atoms with E-state index in [-0.39, 0.29) is 0 Å². The van der Waals surface area contributed by atoms with Gasteiger partial charge in [-0.2, -0.15) is 15.4 Å². The van der Waals surface area contributed by atoms with E-state index in [2.05, 4.69) is 20.4 Å². The molecule has 1 unspecified atom stereocenters. The number of piperidine rings is 1. The Bertz CT molecular complexity index is 606. The lowest BCUT2D eigenvalue weighted by Crippen LogP contribution is -2.46. The predicted molar refractivity (Wildman–Crippen MR) is 76.0 cm³/mol. The summed E-state index contributed by atoms with van der Waals surface area (Å²) < 4.78 is 0. The third-order valence-electron chi connectivity index (χ3n) is 3.45. The number of aromatic nitrogens is 4. The van der Waals surface area contributed by atoms with Gasteiger partial charge < -0.3 is 10.0 Å². The minimum Gasteiger partial charge on any atom is -0.382 e. The summed E-state index contributed by atoms with van der Waals surface area (Å²) in [5.74, 6) is 0.623. The number of pyridine rings is 1. The number of H-pyrrole nitrogens is 1. The lowest BCUT2D eigenvalue weighted by molar-refractivity contribution is 0.0175. The fourth-order valence-electron chi connectivity index (χ4n) is 2.49. The molecule has 0 spiro atoms. The van der Waals surface area contributed by atoms with Crippen molar-refractivity contribution in [3.63, 3.8) is 0 Å². The van der Waals surface area contributed by atoms with Gasteiger partial charge in [0.2, 0.25) is 0 Å². The van der Waals surface area contributed by atoms with Crippen LogP contribution in [-0.2, 0) is 5.60 Å². The zero-order valence-corrected chi connectivity index (χ0v) is 12.1. The maximum absolute atomic E-state index is 10.7. The highest BCUT2D eigenvalue weighted by Gasteiger charge is 2.38. The monoisotopic (exact) mass is 313 g/mol. The first-order valence-electron chi connectivity index (χ1n) is 6.23. The van der Waals surface area contributed by atoms with Crippen LogP contribution in [0.5, 0.6) is 0 Å². The van der Waals surface area contributed by atoms with Crippen molar-refractivity contribution in [1.29, 1.82) is 0 Å². The number of aliphatic hydroxyl groups is 1. The molecule has 0 aromatic carbocycles.